The number of rotatable bonds is 6. The summed E-state index contributed by atoms with van der Waals surface area (Å²) < 4.78 is 43.1. The number of para-hydroxylation sites is 2. The number of ether oxygens (including phenoxy) is 1. The van der Waals surface area contributed by atoms with E-state index in [-0.39, 0.29) is 11.1 Å². The van der Waals surface area contributed by atoms with Crippen molar-refractivity contribution in [1.82, 2.24) is 5.32 Å². The van der Waals surface area contributed by atoms with E-state index >= 15 is 0 Å². The number of fused-ring (bicyclic) bond motifs is 1. The number of nitrogens with one attached hydrogen (secondary N) is 1. The maximum absolute atomic E-state index is 13.8. The van der Waals surface area contributed by atoms with Gasteiger partial charge in [-0.1, -0.05) is 12.1 Å². The highest BCUT2D eigenvalue weighted by Gasteiger charge is 2.40. The molecule has 0 amide bonds. The predicted molar refractivity (Wildman–Crippen MR) is 105 cm³/mol. The summed E-state index contributed by atoms with van der Waals surface area (Å²) in [5.41, 5.74) is 1.96. The van der Waals surface area contributed by atoms with Gasteiger partial charge >= 0.3 is 0 Å². The van der Waals surface area contributed by atoms with Gasteiger partial charge in [0.05, 0.1) is 18.0 Å². The van der Waals surface area contributed by atoms with Gasteiger partial charge in [-0.25, -0.2) is 8.70 Å². The summed E-state index contributed by atoms with van der Waals surface area (Å²) in [6.07, 6.45) is 1.87. The van der Waals surface area contributed by atoms with Gasteiger partial charge in [-0.2, -0.15) is 0 Å². The third-order valence-electron chi connectivity index (χ3n) is 4.68. The standard InChI is InChI=1S/C19H25FN2O3S/c1-21-11-5-6-16-13-14-12-15(20)9-10-17(14)22(26(16,23)24)18-7-3-4-8-19(18)25-2/h3-4,7-10,12,16,21,23-24H,5-6,11,13H2,1-2H3/t16-/m1/s1. The third-order valence-corrected chi connectivity index (χ3v) is 6.91. The Kier molecular flexibility index (Phi) is 5.72. The first-order chi connectivity index (χ1) is 12.5. The van der Waals surface area contributed by atoms with Crippen LogP contribution >= 0.6 is 10.8 Å². The Hall–Kier alpha value is -1.80. The minimum absolute atomic E-state index is 0.323. The fourth-order valence-corrected chi connectivity index (χ4v) is 5.50. The molecule has 1 aliphatic rings. The van der Waals surface area contributed by atoms with Gasteiger partial charge in [0, 0.05) is 0 Å². The first-order valence-electron chi connectivity index (χ1n) is 8.62. The lowest BCUT2D eigenvalue weighted by atomic mass is 10.0. The van der Waals surface area contributed by atoms with Crippen LogP contribution in [0.2, 0.25) is 0 Å². The maximum atomic E-state index is 13.8. The van der Waals surface area contributed by atoms with Crippen molar-refractivity contribution in [2.75, 3.05) is 25.0 Å². The van der Waals surface area contributed by atoms with Gasteiger partial charge in [-0.05, 0) is 68.8 Å². The Morgan fingerprint density at radius 3 is 2.73 bits per heavy atom. The number of nitrogens with zero attached hydrogens (tertiary/aromatic N) is 1. The van der Waals surface area contributed by atoms with Crippen molar-refractivity contribution in [2.45, 2.75) is 24.5 Å². The zero-order chi connectivity index (χ0) is 18.7. The zero-order valence-electron chi connectivity index (χ0n) is 15.0. The number of methoxy groups -OCH3 is 1. The zero-order valence-corrected chi connectivity index (χ0v) is 15.8. The molecule has 2 aromatic rings. The molecule has 0 saturated carbocycles. The normalized spacial score (nSPS) is 19.7. The quantitative estimate of drug-likeness (QED) is 0.641. The van der Waals surface area contributed by atoms with Crippen LogP contribution in [-0.2, 0) is 6.42 Å². The van der Waals surface area contributed by atoms with E-state index in [1.807, 2.05) is 19.2 Å². The molecule has 3 rings (SSSR count). The Morgan fingerprint density at radius 1 is 1.23 bits per heavy atom. The number of hydrogen-bond acceptors (Lipinski definition) is 5. The first-order valence-corrected chi connectivity index (χ1v) is 10.2. The average Bonchev–Trinajstić information content (AvgIpc) is 2.62. The largest absolute Gasteiger partial charge is 0.495 e. The Bertz CT molecular complexity index is 772. The van der Waals surface area contributed by atoms with E-state index in [0.717, 1.165) is 18.5 Å². The topological polar surface area (TPSA) is 65.0 Å². The molecule has 0 spiro atoms. The number of hydrogen-bond donors (Lipinski definition) is 3. The number of benzene rings is 2. The van der Waals surface area contributed by atoms with Crippen LogP contribution in [0, 0.1) is 5.82 Å². The Morgan fingerprint density at radius 2 is 2.00 bits per heavy atom. The molecule has 7 heteroatoms. The van der Waals surface area contributed by atoms with Crippen molar-refractivity contribution >= 4 is 22.2 Å². The molecule has 0 saturated heterocycles. The minimum atomic E-state index is -3.15. The molecule has 1 heterocycles. The molecule has 5 nitrogen and oxygen atoms in total. The van der Waals surface area contributed by atoms with Crippen LogP contribution in [0.25, 0.3) is 0 Å². The van der Waals surface area contributed by atoms with Crippen molar-refractivity contribution in [3.8, 4) is 5.75 Å². The van der Waals surface area contributed by atoms with Crippen molar-refractivity contribution in [3.63, 3.8) is 0 Å². The van der Waals surface area contributed by atoms with Gasteiger partial charge in [-0.15, -0.1) is 10.8 Å². The molecule has 0 fully saturated rings. The molecular weight excluding hydrogens is 355 g/mol. The maximum Gasteiger partial charge on any atom is 0.144 e. The summed E-state index contributed by atoms with van der Waals surface area (Å²) in [5.74, 6) is 0.217. The summed E-state index contributed by atoms with van der Waals surface area (Å²) in [4.78, 5) is 0. The van der Waals surface area contributed by atoms with E-state index < -0.39 is 10.8 Å². The molecule has 0 unspecified atom stereocenters. The average molecular weight is 380 g/mol. The Balaban J connectivity index is 2.10. The van der Waals surface area contributed by atoms with Crippen LogP contribution < -0.4 is 14.4 Å². The van der Waals surface area contributed by atoms with Crippen molar-refractivity contribution in [3.05, 3.63) is 53.8 Å². The van der Waals surface area contributed by atoms with E-state index in [1.165, 1.54) is 16.4 Å². The highest BCUT2D eigenvalue weighted by molar-refractivity contribution is 8.26. The van der Waals surface area contributed by atoms with Gasteiger partial charge in [0.15, 0.2) is 0 Å². The second-order valence-corrected chi connectivity index (χ2v) is 8.53. The van der Waals surface area contributed by atoms with Crippen LogP contribution in [0.5, 0.6) is 5.75 Å². The van der Waals surface area contributed by atoms with E-state index in [2.05, 4.69) is 5.32 Å². The number of halogens is 1. The van der Waals surface area contributed by atoms with Crippen molar-refractivity contribution < 1.29 is 18.2 Å². The molecule has 142 valence electrons. The molecule has 1 aliphatic heterocycles. The molecule has 0 aliphatic carbocycles. The third kappa shape index (κ3) is 3.53. The summed E-state index contributed by atoms with van der Waals surface area (Å²) in [6, 6.07) is 11.6. The fourth-order valence-electron chi connectivity index (χ4n) is 3.41. The van der Waals surface area contributed by atoms with E-state index in [4.69, 9.17) is 4.74 Å². The van der Waals surface area contributed by atoms with Gasteiger partial charge < -0.3 is 10.1 Å². The van der Waals surface area contributed by atoms with Crippen LogP contribution in [-0.4, -0.2) is 35.1 Å². The lowest BCUT2D eigenvalue weighted by Gasteiger charge is -2.53. The SMILES string of the molecule is CNCCC[C@@H]1Cc2cc(F)ccc2N(c2ccccc2OC)S1(O)O. The molecule has 0 radical (unpaired) electrons. The summed E-state index contributed by atoms with van der Waals surface area (Å²) in [6.45, 7) is 0.788. The van der Waals surface area contributed by atoms with Gasteiger partial charge in [0.1, 0.15) is 17.3 Å². The van der Waals surface area contributed by atoms with Gasteiger partial charge in [0.25, 0.3) is 0 Å². The highest BCUT2D eigenvalue weighted by atomic mass is 32.3. The van der Waals surface area contributed by atoms with E-state index in [9.17, 15) is 13.5 Å². The Labute approximate surface area is 155 Å². The molecule has 2 aromatic carbocycles. The van der Waals surface area contributed by atoms with Gasteiger partial charge in [0.2, 0.25) is 0 Å². The van der Waals surface area contributed by atoms with Crippen LogP contribution in [0.4, 0.5) is 15.8 Å². The minimum Gasteiger partial charge on any atom is -0.495 e. The number of anilines is 2. The molecule has 0 bridgehead atoms. The molecule has 26 heavy (non-hydrogen) atoms. The lowest BCUT2D eigenvalue weighted by molar-refractivity contribution is 0.414. The van der Waals surface area contributed by atoms with Crippen LogP contribution in [0.1, 0.15) is 18.4 Å². The molecule has 3 N–H and O–H groups in total. The molecule has 1 atom stereocenters. The van der Waals surface area contributed by atoms with Gasteiger partial charge in [-0.3, -0.25) is 9.11 Å². The smallest absolute Gasteiger partial charge is 0.144 e. The predicted octanol–water partition coefficient (Wildman–Crippen LogP) is 4.56. The summed E-state index contributed by atoms with van der Waals surface area (Å²) in [7, 11) is 0.258. The molecular formula is C19H25FN2O3S. The summed E-state index contributed by atoms with van der Waals surface area (Å²) in [5, 5.41) is 2.70. The van der Waals surface area contributed by atoms with Crippen molar-refractivity contribution in [1.29, 1.82) is 0 Å². The monoisotopic (exact) mass is 380 g/mol. The second-order valence-electron chi connectivity index (χ2n) is 6.37. The lowest BCUT2D eigenvalue weighted by Crippen LogP contribution is -2.38. The van der Waals surface area contributed by atoms with E-state index in [0.29, 0.717) is 30.0 Å². The van der Waals surface area contributed by atoms with Crippen LogP contribution in [0.3, 0.4) is 0 Å². The highest BCUT2D eigenvalue weighted by Crippen LogP contribution is 2.62. The van der Waals surface area contributed by atoms with E-state index in [1.54, 1.807) is 25.3 Å². The van der Waals surface area contributed by atoms with Crippen LogP contribution in [0.15, 0.2) is 42.5 Å². The van der Waals surface area contributed by atoms with Crippen molar-refractivity contribution in [2.24, 2.45) is 0 Å². The first kappa shape index (κ1) is 19.0. The second kappa shape index (κ2) is 7.84. The fraction of sp³-hybridized carbons (Fsp3) is 0.368. The summed E-state index contributed by atoms with van der Waals surface area (Å²) >= 11 is 0. The molecule has 0 aromatic heterocycles.